The first-order chi connectivity index (χ1) is 8.84. The van der Waals surface area contributed by atoms with Gasteiger partial charge in [-0.2, -0.15) is 0 Å². The van der Waals surface area contributed by atoms with Crippen LogP contribution < -0.4 is 5.32 Å². The average molecular weight is 268 g/mol. The highest BCUT2D eigenvalue weighted by Gasteiger charge is 2.45. The Morgan fingerprint density at radius 3 is 2.47 bits per heavy atom. The number of nitrogens with zero attached hydrogens (tertiary/aromatic N) is 1. The molecule has 2 unspecified atom stereocenters. The number of amides is 2. The maximum atomic E-state index is 12.3. The van der Waals surface area contributed by atoms with E-state index < -0.39 is 11.6 Å². The monoisotopic (exact) mass is 268 g/mol. The second-order valence-corrected chi connectivity index (χ2v) is 6.12. The van der Waals surface area contributed by atoms with Crippen molar-refractivity contribution in [2.24, 2.45) is 5.92 Å². The summed E-state index contributed by atoms with van der Waals surface area (Å²) in [5.74, 6) is 0.478. The third kappa shape index (κ3) is 3.48. The zero-order valence-corrected chi connectivity index (χ0v) is 13.0. The number of hydrogen-bond donors (Lipinski definition) is 1. The van der Waals surface area contributed by atoms with E-state index in [-0.39, 0.29) is 11.8 Å². The quantitative estimate of drug-likeness (QED) is 0.803. The highest BCUT2D eigenvalue weighted by atomic mass is 16.2. The van der Waals surface area contributed by atoms with Gasteiger partial charge in [0.05, 0.1) is 0 Å². The van der Waals surface area contributed by atoms with E-state index in [1.165, 1.54) is 12.8 Å². The average Bonchev–Trinajstić information content (AvgIpc) is 2.36. The fourth-order valence-electron chi connectivity index (χ4n) is 2.56. The number of rotatable bonds is 6. The maximum Gasteiger partial charge on any atom is 0.246 e. The summed E-state index contributed by atoms with van der Waals surface area (Å²) in [6.45, 7) is 10.5. The third-order valence-corrected chi connectivity index (χ3v) is 4.20. The van der Waals surface area contributed by atoms with Crippen LogP contribution in [-0.2, 0) is 9.59 Å². The molecule has 110 valence electrons. The van der Waals surface area contributed by atoms with Gasteiger partial charge >= 0.3 is 0 Å². The van der Waals surface area contributed by atoms with Crippen molar-refractivity contribution in [2.45, 2.75) is 71.9 Å². The van der Waals surface area contributed by atoms with Gasteiger partial charge in [0, 0.05) is 6.54 Å². The fraction of sp³-hybridized carbons (Fsp3) is 0.867. The van der Waals surface area contributed by atoms with Crippen LogP contribution in [0.15, 0.2) is 0 Å². The van der Waals surface area contributed by atoms with Crippen LogP contribution in [0.1, 0.15) is 60.3 Å². The number of carbonyl (C=O) groups excluding carboxylic acids is 2. The lowest BCUT2D eigenvalue weighted by Gasteiger charge is -2.45. The van der Waals surface area contributed by atoms with Crippen molar-refractivity contribution in [3.63, 3.8) is 0 Å². The van der Waals surface area contributed by atoms with Gasteiger partial charge in [0.25, 0.3) is 0 Å². The second-order valence-electron chi connectivity index (χ2n) is 6.12. The fourth-order valence-corrected chi connectivity index (χ4v) is 2.56. The molecule has 4 heteroatoms. The van der Waals surface area contributed by atoms with Gasteiger partial charge in [-0.1, -0.05) is 33.1 Å². The van der Waals surface area contributed by atoms with Gasteiger partial charge in [0.15, 0.2) is 0 Å². The maximum absolute atomic E-state index is 12.3. The van der Waals surface area contributed by atoms with E-state index in [1.54, 1.807) is 11.8 Å². The molecule has 1 fully saturated rings. The first-order valence-electron chi connectivity index (χ1n) is 7.47. The van der Waals surface area contributed by atoms with Crippen LogP contribution in [0.3, 0.4) is 0 Å². The highest BCUT2D eigenvalue weighted by Crippen LogP contribution is 2.25. The third-order valence-electron chi connectivity index (χ3n) is 4.20. The van der Waals surface area contributed by atoms with Crippen LogP contribution in [0, 0.1) is 5.92 Å². The largest absolute Gasteiger partial charge is 0.343 e. The zero-order chi connectivity index (χ0) is 14.6. The topological polar surface area (TPSA) is 49.4 Å². The van der Waals surface area contributed by atoms with Crippen LogP contribution in [0.5, 0.6) is 0 Å². The van der Waals surface area contributed by atoms with E-state index in [0.29, 0.717) is 12.5 Å². The molecule has 0 radical (unpaired) electrons. The summed E-state index contributed by atoms with van der Waals surface area (Å²) in [7, 11) is 0. The first kappa shape index (κ1) is 16.0. The lowest BCUT2D eigenvalue weighted by molar-refractivity contribution is -0.155. The Kier molecular flexibility index (Phi) is 5.39. The van der Waals surface area contributed by atoms with Gasteiger partial charge in [-0.3, -0.25) is 9.59 Å². The van der Waals surface area contributed by atoms with E-state index in [1.807, 2.05) is 13.8 Å². The minimum Gasteiger partial charge on any atom is -0.343 e. The predicted octanol–water partition coefficient (Wildman–Crippen LogP) is 2.33. The lowest BCUT2D eigenvalue weighted by Crippen LogP contribution is -2.68. The summed E-state index contributed by atoms with van der Waals surface area (Å²) in [5, 5.41) is 2.75. The summed E-state index contributed by atoms with van der Waals surface area (Å²) >= 11 is 0. The minimum atomic E-state index is -0.733. The van der Waals surface area contributed by atoms with E-state index in [4.69, 9.17) is 0 Å². The van der Waals surface area contributed by atoms with Crippen molar-refractivity contribution in [1.29, 1.82) is 0 Å². The molecule has 19 heavy (non-hydrogen) atoms. The SMILES string of the molecule is CCCCC(CC)CN1C(=O)C(C)NC(=O)C1(C)C. The summed E-state index contributed by atoms with van der Waals surface area (Å²) in [6.07, 6.45) is 4.53. The molecule has 2 amide bonds. The van der Waals surface area contributed by atoms with Crippen molar-refractivity contribution in [2.75, 3.05) is 6.54 Å². The molecule has 0 aromatic rings. The van der Waals surface area contributed by atoms with Crippen molar-refractivity contribution in [3.05, 3.63) is 0 Å². The van der Waals surface area contributed by atoms with E-state index in [9.17, 15) is 9.59 Å². The smallest absolute Gasteiger partial charge is 0.246 e. The molecule has 0 bridgehead atoms. The Morgan fingerprint density at radius 2 is 1.95 bits per heavy atom. The number of nitrogens with one attached hydrogen (secondary N) is 1. The first-order valence-corrected chi connectivity index (χ1v) is 7.47. The van der Waals surface area contributed by atoms with E-state index in [2.05, 4.69) is 19.2 Å². The number of piperazine rings is 1. The number of hydrogen-bond acceptors (Lipinski definition) is 2. The molecule has 1 aliphatic heterocycles. The summed E-state index contributed by atoms with van der Waals surface area (Å²) < 4.78 is 0. The van der Waals surface area contributed by atoms with Gasteiger partial charge in [-0.15, -0.1) is 0 Å². The van der Waals surface area contributed by atoms with Crippen LogP contribution in [0.25, 0.3) is 0 Å². The normalized spacial score (nSPS) is 24.3. The molecule has 1 rings (SSSR count). The van der Waals surface area contributed by atoms with E-state index in [0.717, 1.165) is 12.8 Å². The molecule has 0 saturated carbocycles. The Bertz CT molecular complexity index is 339. The highest BCUT2D eigenvalue weighted by molar-refractivity contribution is 5.99. The minimum absolute atomic E-state index is 0.0412. The second kappa shape index (κ2) is 6.40. The molecule has 1 heterocycles. The van der Waals surface area contributed by atoms with E-state index >= 15 is 0 Å². The van der Waals surface area contributed by atoms with Crippen molar-refractivity contribution in [1.82, 2.24) is 10.2 Å². The lowest BCUT2D eigenvalue weighted by atomic mass is 9.91. The van der Waals surface area contributed by atoms with Gasteiger partial charge in [0.1, 0.15) is 11.6 Å². The number of carbonyl (C=O) groups is 2. The molecule has 2 atom stereocenters. The Labute approximate surface area is 116 Å². The Hall–Kier alpha value is -1.06. The number of unbranched alkanes of at least 4 members (excludes halogenated alkanes) is 1. The zero-order valence-electron chi connectivity index (χ0n) is 13.0. The van der Waals surface area contributed by atoms with Crippen LogP contribution in [-0.4, -0.2) is 34.8 Å². The van der Waals surface area contributed by atoms with Gasteiger partial charge in [-0.05, 0) is 33.1 Å². The van der Waals surface area contributed by atoms with Crippen LogP contribution >= 0.6 is 0 Å². The molecule has 4 nitrogen and oxygen atoms in total. The molecule has 1 saturated heterocycles. The summed E-state index contributed by atoms with van der Waals surface area (Å²) in [6, 6.07) is -0.399. The van der Waals surface area contributed by atoms with Crippen molar-refractivity contribution >= 4 is 11.8 Å². The predicted molar refractivity (Wildman–Crippen MR) is 76.7 cm³/mol. The van der Waals surface area contributed by atoms with Gasteiger partial charge in [0.2, 0.25) is 11.8 Å². The standard InChI is InChI=1S/C15H28N2O2/c1-6-8-9-12(7-2)10-17-13(18)11(3)16-14(19)15(17,4)5/h11-12H,6-10H2,1-5H3,(H,16,19). The Morgan fingerprint density at radius 1 is 1.32 bits per heavy atom. The molecule has 1 N–H and O–H groups in total. The Balaban J connectivity index is 2.81. The molecule has 0 aromatic carbocycles. The summed E-state index contributed by atoms with van der Waals surface area (Å²) in [5.41, 5.74) is -0.733. The van der Waals surface area contributed by atoms with Crippen molar-refractivity contribution < 1.29 is 9.59 Å². The summed E-state index contributed by atoms with van der Waals surface area (Å²) in [4.78, 5) is 26.2. The van der Waals surface area contributed by atoms with Gasteiger partial charge < -0.3 is 10.2 Å². The van der Waals surface area contributed by atoms with Crippen molar-refractivity contribution in [3.8, 4) is 0 Å². The molecule has 0 aromatic heterocycles. The van der Waals surface area contributed by atoms with Crippen LogP contribution in [0.4, 0.5) is 0 Å². The molecule has 1 aliphatic rings. The van der Waals surface area contributed by atoms with Gasteiger partial charge in [-0.25, -0.2) is 0 Å². The molecule has 0 spiro atoms. The van der Waals surface area contributed by atoms with Crippen LogP contribution in [0.2, 0.25) is 0 Å². The molecular weight excluding hydrogens is 240 g/mol. The molecular formula is C15H28N2O2. The molecule has 0 aliphatic carbocycles.